The van der Waals surface area contributed by atoms with Crippen LogP contribution in [-0.2, 0) is 13.8 Å². The normalized spacial score (nSPS) is 29.4. The van der Waals surface area contributed by atoms with Crippen molar-refractivity contribution in [2.75, 3.05) is 24.6 Å². The Hall–Kier alpha value is 1.94. The van der Waals surface area contributed by atoms with E-state index in [9.17, 15) is 0 Å². The van der Waals surface area contributed by atoms with E-state index in [1.54, 1.807) is 0 Å². The van der Waals surface area contributed by atoms with Crippen LogP contribution in [0.1, 0.15) is 12.8 Å². The summed E-state index contributed by atoms with van der Waals surface area (Å²) >= 11 is 2.75. The zero-order valence-corrected chi connectivity index (χ0v) is 15.0. The predicted molar refractivity (Wildman–Crippen MR) is 74.0 cm³/mol. The topological polar surface area (TPSA) is 38.0 Å². The molecule has 0 aromatic rings. The molecule has 0 aromatic carbocycles. The molecule has 0 saturated carbocycles. The second-order valence-corrected chi connectivity index (χ2v) is 23.6. The zero-order chi connectivity index (χ0) is 10.5. The molecule has 2 heterocycles. The van der Waals surface area contributed by atoms with Crippen LogP contribution in [0.5, 0.6) is 0 Å². The first-order valence-corrected chi connectivity index (χ1v) is 18.5. The van der Waals surface area contributed by atoms with Crippen LogP contribution in [0.2, 0.25) is 0 Å². The fourth-order valence-corrected chi connectivity index (χ4v) is 33.3. The number of nitrogens with one attached hydrogen (secondary N) is 1. The number of hydrogen-bond donors (Lipinski definition) is 2. The SMILES string of the molecule is NCC[NH][Zn]([S]C1CCS1)[S]C1CCS1. The molecule has 2 aliphatic rings. The van der Waals surface area contributed by atoms with E-state index in [4.69, 9.17) is 5.73 Å². The second kappa shape index (κ2) is 7.39. The summed E-state index contributed by atoms with van der Waals surface area (Å²) in [5.74, 6) is 2.77. The molecule has 2 rings (SSSR count). The molecule has 0 amide bonds. The Morgan fingerprint density at radius 1 is 1.20 bits per heavy atom. The Morgan fingerprint density at radius 2 is 1.73 bits per heavy atom. The van der Waals surface area contributed by atoms with Crippen LogP contribution in [0, 0.1) is 0 Å². The summed E-state index contributed by atoms with van der Waals surface area (Å²) in [5.41, 5.74) is 5.57. The van der Waals surface area contributed by atoms with Gasteiger partial charge in [0.05, 0.1) is 0 Å². The second-order valence-electron chi connectivity index (χ2n) is 3.71. The van der Waals surface area contributed by atoms with Crippen molar-refractivity contribution in [2.45, 2.75) is 22.0 Å². The first kappa shape index (κ1) is 13.4. The number of thioether (sulfide) groups is 2. The van der Waals surface area contributed by atoms with Crippen LogP contribution < -0.4 is 9.79 Å². The molecular weight excluding hydrogens is 318 g/mol. The van der Waals surface area contributed by atoms with Crippen molar-refractivity contribution >= 4 is 43.0 Å². The molecule has 2 unspecified atom stereocenters. The molecule has 2 aliphatic heterocycles. The van der Waals surface area contributed by atoms with E-state index < -0.39 is 13.8 Å². The van der Waals surface area contributed by atoms with Gasteiger partial charge < -0.3 is 0 Å². The van der Waals surface area contributed by atoms with Gasteiger partial charge in [-0.2, -0.15) is 0 Å². The van der Waals surface area contributed by atoms with E-state index in [0.29, 0.717) is 0 Å². The number of hydrogen-bond acceptors (Lipinski definition) is 6. The Labute approximate surface area is 112 Å². The van der Waals surface area contributed by atoms with Crippen molar-refractivity contribution in [3.05, 3.63) is 0 Å². The standard InChI is InChI=1S/2C3H6S2.C2H7N2.Zn/c2*4-3-1-2-5-3;3-1-2-4;/h2*3-4H,1-2H2;3H,1-2,4H2;/q;;-1;+3/p-2. The van der Waals surface area contributed by atoms with Crippen LogP contribution in [0.3, 0.4) is 0 Å². The third kappa shape index (κ3) is 4.61. The van der Waals surface area contributed by atoms with E-state index in [0.717, 1.165) is 22.3 Å². The van der Waals surface area contributed by atoms with Gasteiger partial charge in [0.2, 0.25) is 0 Å². The summed E-state index contributed by atoms with van der Waals surface area (Å²) in [6.45, 7) is 1.83. The van der Waals surface area contributed by atoms with Gasteiger partial charge >= 0.3 is 113 Å². The summed E-state index contributed by atoms with van der Waals surface area (Å²) < 4.78 is 5.60. The molecule has 0 spiro atoms. The number of nitrogens with two attached hydrogens (primary N) is 1. The fourth-order valence-electron chi connectivity index (χ4n) is 1.43. The third-order valence-electron chi connectivity index (χ3n) is 2.51. The molecule has 0 bridgehead atoms. The molecule has 3 N–H and O–H groups in total. The van der Waals surface area contributed by atoms with Crippen molar-refractivity contribution in [3.8, 4) is 0 Å². The molecule has 2 fully saturated rings. The molecular formula is C8H17N2S4Zn. The minimum atomic E-state index is -1.54. The fraction of sp³-hybridized carbons (Fsp3) is 1.00. The Balaban J connectivity index is 1.67. The summed E-state index contributed by atoms with van der Waals surface area (Å²) in [7, 11) is 4.61. The maximum atomic E-state index is 5.57. The molecule has 0 aliphatic carbocycles. The van der Waals surface area contributed by atoms with E-state index in [-0.39, 0.29) is 0 Å². The summed E-state index contributed by atoms with van der Waals surface area (Å²) in [6.07, 6.45) is 2.87. The van der Waals surface area contributed by atoms with Gasteiger partial charge in [0.25, 0.3) is 0 Å². The van der Waals surface area contributed by atoms with Crippen LogP contribution in [-0.4, -0.2) is 33.8 Å². The van der Waals surface area contributed by atoms with Crippen LogP contribution in [0.4, 0.5) is 0 Å². The van der Waals surface area contributed by atoms with Crippen molar-refractivity contribution in [3.63, 3.8) is 0 Å². The van der Waals surface area contributed by atoms with Crippen molar-refractivity contribution in [1.29, 1.82) is 0 Å². The third-order valence-corrected chi connectivity index (χ3v) is 28.0. The van der Waals surface area contributed by atoms with Gasteiger partial charge in [-0.1, -0.05) is 0 Å². The molecule has 0 aromatic heterocycles. The zero-order valence-electron chi connectivity index (χ0n) is 8.81. The molecule has 2 atom stereocenters. The maximum absolute atomic E-state index is 5.57. The van der Waals surface area contributed by atoms with Gasteiger partial charge in [-0.3, -0.25) is 0 Å². The predicted octanol–water partition coefficient (Wildman–Crippen LogP) is 2.29. The summed E-state index contributed by atoms with van der Waals surface area (Å²) in [4.78, 5) is 0. The van der Waals surface area contributed by atoms with Gasteiger partial charge in [-0.25, -0.2) is 0 Å². The van der Waals surface area contributed by atoms with Crippen molar-refractivity contribution in [1.82, 2.24) is 4.06 Å². The quantitative estimate of drug-likeness (QED) is 0.696. The molecule has 0 radical (unpaired) electrons. The van der Waals surface area contributed by atoms with Gasteiger partial charge in [-0.05, 0) is 0 Å². The van der Waals surface area contributed by atoms with Crippen LogP contribution in [0.15, 0.2) is 0 Å². The Bertz CT molecular complexity index is 173. The van der Waals surface area contributed by atoms with Crippen molar-refractivity contribution < 1.29 is 13.8 Å². The Morgan fingerprint density at radius 3 is 2.07 bits per heavy atom. The number of rotatable bonds is 7. The average Bonchev–Trinajstić information content (AvgIpc) is 2.11. The summed E-state index contributed by atoms with van der Waals surface area (Å²) in [5, 5.41) is 0. The van der Waals surface area contributed by atoms with Crippen LogP contribution >= 0.6 is 43.0 Å². The Kier molecular flexibility index (Phi) is 6.59. The summed E-state index contributed by atoms with van der Waals surface area (Å²) in [6, 6.07) is 0. The monoisotopic (exact) mass is 333 g/mol. The van der Waals surface area contributed by atoms with E-state index >= 15 is 0 Å². The average molecular weight is 335 g/mol. The van der Waals surface area contributed by atoms with Gasteiger partial charge in [0, 0.05) is 0 Å². The molecule has 2 nitrogen and oxygen atoms in total. The van der Waals surface area contributed by atoms with Gasteiger partial charge in [0.1, 0.15) is 0 Å². The van der Waals surface area contributed by atoms with Gasteiger partial charge in [-0.15, -0.1) is 0 Å². The molecule has 7 heteroatoms. The first-order chi connectivity index (χ1) is 7.38. The van der Waals surface area contributed by atoms with Crippen LogP contribution in [0.25, 0.3) is 0 Å². The molecule has 15 heavy (non-hydrogen) atoms. The van der Waals surface area contributed by atoms with Crippen molar-refractivity contribution in [2.24, 2.45) is 5.73 Å². The van der Waals surface area contributed by atoms with E-state index in [1.807, 2.05) is 0 Å². The molecule has 2 saturated heterocycles. The van der Waals surface area contributed by atoms with E-state index in [2.05, 4.69) is 47.1 Å². The minimum absolute atomic E-state index is 0.795. The molecule has 85 valence electrons. The van der Waals surface area contributed by atoms with E-state index in [1.165, 1.54) is 24.3 Å². The van der Waals surface area contributed by atoms with Gasteiger partial charge in [0.15, 0.2) is 0 Å². The first-order valence-electron chi connectivity index (χ1n) is 5.53.